The van der Waals surface area contributed by atoms with E-state index >= 15 is 0 Å². The van der Waals surface area contributed by atoms with Crippen LogP contribution in [0.4, 0.5) is 17.6 Å². The van der Waals surface area contributed by atoms with Gasteiger partial charge in [0.2, 0.25) is 0 Å². The molecule has 0 spiro atoms. The van der Waals surface area contributed by atoms with Crippen LogP contribution >= 0.6 is 15.9 Å². The lowest BCUT2D eigenvalue weighted by atomic mass is 10.1. The van der Waals surface area contributed by atoms with Gasteiger partial charge >= 0.3 is 6.18 Å². The van der Waals surface area contributed by atoms with Crippen LogP contribution in [0.1, 0.15) is 21.5 Å². The molecule has 0 heterocycles. The highest BCUT2D eigenvalue weighted by molar-refractivity contribution is 9.10. The summed E-state index contributed by atoms with van der Waals surface area (Å²) in [6, 6.07) is 8.33. The van der Waals surface area contributed by atoms with Gasteiger partial charge < -0.3 is 5.32 Å². The van der Waals surface area contributed by atoms with Crippen LogP contribution in [0.2, 0.25) is 0 Å². The molecule has 0 fully saturated rings. The number of rotatable bonds is 3. The molecule has 2 aromatic carbocycles. The number of alkyl halides is 3. The molecule has 0 saturated heterocycles. The van der Waals surface area contributed by atoms with Crippen molar-refractivity contribution in [2.24, 2.45) is 0 Å². The van der Waals surface area contributed by atoms with E-state index in [2.05, 4.69) is 21.2 Å². The number of amides is 1. The summed E-state index contributed by atoms with van der Waals surface area (Å²) in [4.78, 5) is 11.9. The van der Waals surface area contributed by atoms with Crippen LogP contribution < -0.4 is 5.32 Å². The molecule has 0 radical (unpaired) electrons. The minimum absolute atomic E-state index is 0.00290. The average Bonchev–Trinajstić information content (AvgIpc) is 2.47. The Morgan fingerprint density at radius 3 is 2.32 bits per heavy atom. The third-order valence-corrected chi connectivity index (χ3v) is 3.40. The van der Waals surface area contributed by atoms with Gasteiger partial charge in [0.25, 0.3) is 5.91 Å². The smallest absolute Gasteiger partial charge is 0.348 e. The monoisotopic (exact) mass is 375 g/mol. The predicted molar refractivity (Wildman–Crippen MR) is 76.7 cm³/mol. The molecule has 2 nitrogen and oxygen atoms in total. The third-order valence-electron chi connectivity index (χ3n) is 2.91. The van der Waals surface area contributed by atoms with E-state index in [1.54, 1.807) is 0 Å². The second-order valence-electron chi connectivity index (χ2n) is 4.50. The van der Waals surface area contributed by atoms with Gasteiger partial charge in [-0.2, -0.15) is 13.2 Å². The summed E-state index contributed by atoms with van der Waals surface area (Å²) in [5.41, 5.74) is -0.418. The van der Waals surface area contributed by atoms with E-state index in [4.69, 9.17) is 0 Å². The van der Waals surface area contributed by atoms with Gasteiger partial charge in [-0.25, -0.2) is 4.39 Å². The standard InChI is InChI=1S/C15H10BrF4NO/c16-11-5-6-13(17)12(7-11)14(22)21-8-9-1-3-10(4-2-9)15(18,19)20/h1-7H,8H2,(H,21,22). The Morgan fingerprint density at radius 2 is 1.73 bits per heavy atom. The first-order chi connectivity index (χ1) is 10.3. The maximum Gasteiger partial charge on any atom is 0.416 e. The van der Waals surface area contributed by atoms with Crippen LogP contribution in [0.5, 0.6) is 0 Å². The molecule has 1 amide bonds. The van der Waals surface area contributed by atoms with Gasteiger partial charge in [0.1, 0.15) is 5.82 Å². The Kier molecular flexibility index (Phi) is 4.85. The molecule has 1 N–H and O–H groups in total. The van der Waals surface area contributed by atoms with Crippen LogP contribution in [0, 0.1) is 5.82 Å². The van der Waals surface area contributed by atoms with Crippen molar-refractivity contribution in [3.63, 3.8) is 0 Å². The Balaban J connectivity index is 2.04. The Bertz CT molecular complexity index is 683. The summed E-state index contributed by atoms with van der Waals surface area (Å²) in [6.07, 6.45) is -4.40. The second kappa shape index (κ2) is 6.48. The fraction of sp³-hybridized carbons (Fsp3) is 0.133. The van der Waals surface area contributed by atoms with Crippen molar-refractivity contribution in [1.29, 1.82) is 0 Å². The molecule has 116 valence electrons. The zero-order chi connectivity index (χ0) is 16.3. The molecular formula is C15H10BrF4NO. The van der Waals surface area contributed by atoms with Crippen molar-refractivity contribution in [2.45, 2.75) is 12.7 Å². The molecule has 2 aromatic rings. The Labute approximate surface area is 132 Å². The number of nitrogens with one attached hydrogen (secondary N) is 1. The maximum absolute atomic E-state index is 13.5. The summed E-state index contributed by atoms with van der Waals surface area (Å²) < 4.78 is 51.3. The highest BCUT2D eigenvalue weighted by atomic mass is 79.9. The van der Waals surface area contributed by atoms with Gasteiger partial charge in [0.05, 0.1) is 11.1 Å². The number of halogens is 5. The van der Waals surface area contributed by atoms with Gasteiger partial charge in [0, 0.05) is 11.0 Å². The maximum atomic E-state index is 13.5. The van der Waals surface area contributed by atoms with Crippen LogP contribution in [-0.2, 0) is 12.7 Å². The first kappa shape index (κ1) is 16.5. The molecule has 22 heavy (non-hydrogen) atoms. The van der Waals surface area contributed by atoms with Crippen LogP contribution in [0.25, 0.3) is 0 Å². The van der Waals surface area contributed by atoms with Gasteiger partial charge in [-0.3, -0.25) is 4.79 Å². The molecule has 0 unspecified atom stereocenters. The summed E-state index contributed by atoms with van der Waals surface area (Å²) >= 11 is 3.13. The summed E-state index contributed by atoms with van der Waals surface area (Å²) in [7, 11) is 0. The highest BCUT2D eigenvalue weighted by Gasteiger charge is 2.29. The fourth-order valence-electron chi connectivity index (χ4n) is 1.76. The number of hydrogen-bond donors (Lipinski definition) is 1. The van der Waals surface area contributed by atoms with Crippen LogP contribution in [0.3, 0.4) is 0 Å². The third kappa shape index (κ3) is 4.07. The van der Waals surface area contributed by atoms with E-state index in [1.165, 1.54) is 24.3 Å². The topological polar surface area (TPSA) is 29.1 Å². The first-order valence-corrected chi connectivity index (χ1v) is 6.96. The van der Waals surface area contributed by atoms with Gasteiger partial charge in [-0.05, 0) is 35.9 Å². The molecule has 0 aromatic heterocycles. The van der Waals surface area contributed by atoms with E-state index in [1.807, 2.05) is 0 Å². The van der Waals surface area contributed by atoms with E-state index in [0.29, 0.717) is 10.0 Å². The van der Waals surface area contributed by atoms with Crippen molar-refractivity contribution in [2.75, 3.05) is 0 Å². The van der Waals surface area contributed by atoms with Gasteiger partial charge in [-0.15, -0.1) is 0 Å². The number of benzene rings is 2. The van der Waals surface area contributed by atoms with Crippen LogP contribution in [-0.4, -0.2) is 5.91 Å². The average molecular weight is 376 g/mol. The van der Waals surface area contributed by atoms with Crippen LogP contribution in [0.15, 0.2) is 46.9 Å². The van der Waals surface area contributed by atoms with E-state index in [-0.39, 0.29) is 12.1 Å². The summed E-state index contributed by atoms with van der Waals surface area (Å²) in [5.74, 6) is -1.31. The van der Waals surface area contributed by atoms with Crippen molar-refractivity contribution < 1.29 is 22.4 Å². The quantitative estimate of drug-likeness (QED) is 0.784. The van der Waals surface area contributed by atoms with Crippen molar-refractivity contribution >= 4 is 21.8 Å². The number of carbonyl (C=O) groups is 1. The molecule has 0 aliphatic carbocycles. The lowest BCUT2D eigenvalue weighted by Crippen LogP contribution is -2.23. The summed E-state index contributed by atoms with van der Waals surface area (Å²) in [5, 5.41) is 2.46. The van der Waals surface area contributed by atoms with Gasteiger partial charge in [0.15, 0.2) is 0 Å². The zero-order valence-corrected chi connectivity index (χ0v) is 12.6. The second-order valence-corrected chi connectivity index (χ2v) is 5.42. The van der Waals surface area contributed by atoms with Crippen molar-refractivity contribution in [1.82, 2.24) is 5.32 Å². The number of carbonyl (C=O) groups excluding carboxylic acids is 1. The lowest BCUT2D eigenvalue weighted by molar-refractivity contribution is -0.137. The molecular weight excluding hydrogens is 366 g/mol. The molecule has 0 aliphatic rings. The predicted octanol–water partition coefficient (Wildman–Crippen LogP) is 4.54. The first-order valence-electron chi connectivity index (χ1n) is 6.17. The molecule has 0 saturated carbocycles. The Hall–Kier alpha value is -1.89. The lowest BCUT2D eigenvalue weighted by Gasteiger charge is -2.09. The molecule has 0 aliphatic heterocycles. The van der Waals surface area contributed by atoms with Gasteiger partial charge in [-0.1, -0.05) is 28.1 Å². The minimum atomic E-state index is -4.40. The van der Waals surface area contributed by atoms with E-state index < -0.39 is 23.5 Å². The highest BCUT2D eigenvalue weighted by Crippen LogP contribution is 2.29. The SMILES string of the molecule is O=C(NCc1ccc(C(F)(F)F)cc1)c1cc(Br)ccc1F. The minimum Gasteiger partial charge on any atom is -0.348 e. The zero-order valence-electron chi connectivity index (χ0n) is 11.0. The molecule has 7 heteroatoms. The summed E-state index contributed by atoms with van der Waals surface area (Å²) in [6.45, 7) is 0.00290. The van der Waals surface area contributed by atoms with E-state index in [0.717, 1.165) is 18.2 Å². The van der Waals surface area contributed by atoms with Crippen molar-refractivity contribution in [3.8, 4) is 0 Å². The Morgan fingerprint density at radius 1 is 1.09 bits per heavy atom. The van der Waals surface area contributed by atoms with E-state index in [9.17, 15) is 22.4 Å². The normalized spacial score (nSPS) is 11.3. The molecule has 0 atom stereocenters. The molecule has 2 rings (SSSR count). The van der Waals surface area contributed by atoms with Crippen molar-refractivity contribution in [3.05, 3.63) is 69.4 Å². The number of hydrogen-bond acceptors (Lipinski definition) is 1. The largest absolute Gasteiger partial charge is 0.416 e. The molecule has 0 bridgehead atoms. The fourth-order valence-corrected chi connectivity index (χ4v) is 2.12.